The van der Waals surface area contributed by atoms with E-state index in [9.17, 15) is 4.91 Å². The Morgan fingerprint density at radius 2 is 1.74 bits per heavy atom. The SMILES string of the molecule is N#Cc1c(-c2ccc(Oc3ccccc3)cc2)nn(N=O)c1N. The number of ether oxygens (including phenoxy) is 1. The minimum atomic E-state index is -0.0814. The molecule has 2 N–H and O–H groups in total. The molecule has 112 valence electrons. The molecule has 1 aromatic heterocycles. The fourth-order valence-electron chi connectivity index (χ4n) is 2.10. The highest BCUT2D eigenvalue weighted by atomic mass is 16.5. The number of benzene rings is 2. The van der Waals surface area contributed by atoms with Gasteiger partial charge >= 0.3 is 0 Å². The molecule has 7 nitrogen and oxygen atoms in total. The lowest BCUT2D eigenvalue weighted by atomic mass is 10.1. The minimum absolute atomic E-state index is 0.0814. The van der Waals surface area contributed by atoms with Crippen molar-refractivity contribution in [1.29, 1.82) is 5.26 Å². The third-order valence-corrected chi connectivity index (χ3v) is 3.20. The van der Waals surface area contributed by atoms with Crippen LogP contribution in [0.2, 0.25) is 0 Å². The first-order chi connectivity index (χ1) is 11.2. The van der Waals surface area contributed by atoms with Crippen molar-refractivity contribution in [1.82, 2.24) is 9.89 Å². The van der Waals surface area contributed by atoms with Gasteiger partial charge < -0.3 is 10.5 Å². The van der Waals surface area contributed by atoms with Crippen LogP contribution >= 0.6 is 0 Å². The average molecular weight is 305 g/mol. The van der Waals surface area contributed by atoms with Gasteiger partial charge in [-0.2, -0.15) is 5.26 Å². The molecule has 23 heavy (non-hydrogen) atoms. The predicted octanol–water partition coefficient (Wildman–Crippen LogP) is 3.33. The maximum atomic E-state index is 10.6. The van der Waals surface area contributed by atoms with Crippen LogP contribution in [-0.4, -0.2) is 9.89 Å². The largest absolute Gasteiger partial charge is 0.457 e. The third-order valence-electron chi connectivity index (χ3n) is 3.20. The molecule has 0 atom stereocenters. The van der Waals surface area contributed by atoms with E-state index < -0.39 is 0 Å². The maximum absolute atomic E-state index is 10.6. The monoisotopic (exact) mass is 305 g/mol. The van der Waals surface area contributed by atoms with Crippen molar-refractivity contribution in [2.75, 3.05) is 5.73 Å². The minimum Gasteiger partial charge on any atom is -0.457 e. The Bertz CT molecular complexity index is 879. The molecule has 0 fully saturated rings. The van der Waals surface area contributed by atoms with E-state index in [0.717, 1.165) is 5.75 Å². The summed E-state index contributed by atoms with van der Waals surface area (Å²) in [4.78, 5) is 11.3. The van der Waals surface area contributed by atoms with E-state index in [-0.39, 0.29) is 11.4 Å². The summed E-state index contributed by atoms with van der Waals surface area (Å²) < 4.78 is 5.69. The van der Waals surface area contributed by atoms with Gasteiger partial charge in [0.2, 0.25) is 0 Å². The normalized spacial score (nSPS) is 10.0. The summed E-state index contributed by atoms with van der Waals surface area (Å²) in [7, 11) is 0. The summed E-state index contributed by atoms with van der Waals surface area (Å²) in [6.07, 6.45) is 0. The zero-order chi connectivity index (χ0) is 16.2. The lowest BCUT2D eigenvalue weighted by Crippen LogP contribution is -1.97. The van der Waals surface area contributed by atoms with Crippen molar-refractivity contribution in [3.8, 4) is 28.8 Å². The zero-order valence-corrected chi connectivity index (χ0v) is 11.9. The molecule has 0 spiro atoms. The number of nitrogen functional groups attached to an aromatic ring is 1. The van der Waals surface area contributed by atoms with Crippen LogP contribution in [-0.2, 0) is 0 Å². The van der Waals surface area contributed by atoms with Gasteiger partial charge in [-0.25, -0.2) is 0 Å². The van der Waals surface area contributed by atoms with Crippen LogP contribution in [0.25, 0.3) is 11.3 Å². The molecule has 0 saturated heterocycles. The van der Waals surface area contributed by atoms with Crippen LogP contribution in [0.5, 0.6) is 11.5 Å². The molecule has 0 aliphatic heterocycles. The lowest BCUT2D eigenvalue weighted by Gasteiger charge is -2.05. The molecule has 0 bridgehead atoms. The van der Waals surface area contributed by atoms with Crippen LogP contribution in [0.3, 0.4) is 0 Å². The van der Waals surface area contributed by atoms with E-state index in [1.54, 1.807) is 24.3 Å². The standard InChI is InChI=1S/C16H11N5O2/c17-10-14-15(19-21(20-22)16(14)18)11-6-8-13(9-7-11)23-12-4-2-1-3-5-12/h1-9H,18H2. The van der Waals surface area contributed by atoms with Crippen molar-refractivity contribution in [3.05, 3.63) is 65.1 Å². The van der Waals surface area contributed by atoms with Gasteiger partial charge in [0.05, 0.1) is 5.29 Å². The van der Waals surface area contributed by atoms with Crippen LogP contribution in [0.1, 0.15) is 5.56 Å². The van der Waals surface area contributed by atoms with E-state index in [1.165, 1.54) is 0 Å². The molecule has 0 amide bonds. The van der Waals surface area contributed by atoms with Gasteiger partial charge in [0.1, 0.15) is 28.8 Å². The van der Waals surface area contributed by atoms with E-state index in [4.69, 9.17) is 15.7 Å². The highest BCUT2D eigenvalue weighted by molar-refractivity contribution is 5.72. The van der Waals surface area contributed by atoms with E-state index in [1.807, 2.05) is 36.4 Å². The number of anilines is 1. The van der Waals surface area contributed by atoms with Crippen molar-refractivity contribution in [2.24, 2.45) is 5.29 Å². The van der Waals surface area contributed by atoms with Gasteiger partial charge in [0.15, 0.2) is 5.82 Å². The molecule has 1 heterocycles. The van der Waals surface area contributed by atoms with Gasteiger partial charge in [0, 0.05) is 5.56 Å². The van der Waals surface area contributed by atoms with Gasteiger partial charge in [-0.15, -0.1) is 10.0 Å². The Morgan fingerprint density at radius 3 is 2.35 bits per heavy atom. The molecule has 0 radical (unpaired) electrons. The maximum Gasteiger partial charge on any atom is 0.169 e. The number of nitrogens with zero attached hydrogens (tertiary/aromatic N) is 4. The van der Waals surface area contributed by atoms with Crippen molar-refractivity contribution in [3.63, 3.8) is 0 Å². The predicted molar refractivity (Wildman–Crippen MR) is 84.5 cm³/mol. The first-order valence-corrected chi connectivity index (χ1v) is 6.68. The number of nitriles is 1. The van der Waals surface area contributed by atoms with Crippen LogP contribution in [0.4, 0.5) is 5.82 Å². The molecule has 3 rings (SSSR count). The van der Waals surface area contributed by atoms with Crippen molar-refractivity contribution >= 4 is 5.82 Å². The van der Waals surface area contributed by atoms with Gasteiger partial charge in [-0.05, 0) is 36.4 Å². The molecule has 3 aromatic rings. The smallest absolute Gasteiger partial charge is 0.169 e. The summed E-state index contributed by atoms with van der Waals surface area (Å²) >= 11 is 0. The topological polar surface area (TPSA) is 106 Å². The number of nitroso groups, excluding NO2 is 1. The molecule has 2 aromatic carbocycles. The fraction of sp³-hybridized carbons (Fsp3) is 0. The van der Waals surface area contributed by atoms with E-state index >= 15 is 0 Å². The Balaban J connectivity index is 1.91. The van der Waals surface area contributed by atoms with Gasteiger partial charge in [-0.1, -0.05) is 23.0 Å². The van der Waals surface area contributed by atoms with Crippen LogP contribution in [0.15, 0.2) is 59.9 Å². The molecule has 0 saturated carbocycles. The average Bonchev–Trinajstić information content (AvgIpc) is 2.92. The number of aromatic nitrogens is 2. The van der Waals surface area contributed by atoms with Crippen LogP contribution < -0.4 is 10.5 Å². The quantitative estimate of drug-likeness (QED) is 0.744. The number of rotatable bonds is 4. The van der Waals surface area contributed by atoms with Gasteiger partial charge in [-0.3, -0.25) is 0 Å². The molecular formula is C16H11N5O2. The Hall–Kier alpha value is -3.66. The number of hydrogen-bond acceptors (Lipinski definition) is 6. The second kappa shape index (κ2) is 5.99. The second-order valence-corrected chi connectivity index (χ2v) is 4.63. The fourth-order valence-corrected chi connectivity index (χ4v) is 2.10. The number of hydrogen-bond donors (Lipinski definition) is 1. The van der Waals surface area contributed by atoms with E-state index in [0.29, 0.717) is 21.8 Å². The summed E-state index contributed by atoms with van der Waals surface area (Å²) in [5, 5.41) is 15.8. The zero-order valence-electron chi connectivity index (χ0n) is 11.9. The Kier molecular flexibility index (Phi) is 3.72. The number of para-hydroxylation sites is 1. The summed E-state index contributed by atoms with van der Waals surface area (Å²) in [6, 6.07) is 18.2. The van der Waals surface area contributed by atoms with Gasteiger partial charge in [0.25, 0.3) is 0 Å². The Morgan fingerprint density at radius 1 is 1.09 bits per heavy atom. The van der Waals surface area contributed by atoms with Crippen molar-refractivity contribution < 1.29 is 4.74 Å². The lowest BCUT2D eigenvalue weighted by molar-refractivity contribution is 0.483. The molecule has 7 heteroatoms. The third kappa shape index (κ3) is 2.73. The number of nitrogens with two attached hydrogens (primary N) is 1. The summed E-state index contributed by atoms with van der Waals surface area (Å²) in [5.41, 5.74) is 6.70. The highest BCUT2D eigenvalue weighted by Gasteiger charge is 2.17. The van der Waals surface area contributed by atoms with Crippen molar-refractivity contribution in [2.45, 2.75) is 0 Å². The Labute approximate surface area is 131 Å². The molecule has 0 aliphatic carbocycles. The molecule has 0 unspecified atom stereocenters. The molecular weight excluding hydrogens is 294 g/mol. The highest BCUT2D eigenvalue weighted by Crippen LogP contribution is 2.29. The van der Waals surface area contributed by atoms with E-state index in [2.05, 4.69) is 10.4 Å². The first kappa shape index (κ1) is 14.3. The van der Waals surface area contributed by atoms with Crippen LogP contribution in [0, 0.1) is 16.2 Å². The summed E-state index contributed by atoms with van der Waals surface area (Å²) in [5.74, 6) is 1.28. The second-order valence-electron chi connectivity index (χ2n) is 4.63. The summed E-state index contributed by atoms with van der Waals surface area (Å²) in [6.45, 7) is 0. The molecule has 0 aliphatic rings. The first-order valence-electron chi connectivity index (χ1n) is 6.68.